The van der Waals surface area contributed by atoms with Gasteiger partial charge in [0.25, 0.3) is 0 Å². The highest BCUT2D eigenvalue weighted by molar-refractivity contribution is 7.19. The average molecular weight is 739 g/mol. The molecule has 0 aliphatic carbocycles. The van der Waals surface area contributed by atoms with Crippen LogP contribution in [0, 0.1) is 27.7 Å². The molecule has 4 heteroatoms. The molecule has 274 valence electrons. The van der Waals surface area contributed by atoms with Crippen LogP contribution in [0.25, 0.3) is 65.7 Å². The molecule has 8 aromatic rings. The quantitative estimate of drug-likeness (QED) is 0.123. The Bertz CT molecular complexity index is 2820. The molecule has 1 aliphatic rings. The van der Waals surface area contributed by atoms with Crippen LogP contribution < -0.4 is 9.13 Å². The highest BCUT2D eigenvalue weighted by Gasteiger charge is 2.38. The maximum atomic E-state index is 7.06. The molecular weight excluding hydrogens is 689 g/mol. The molecule has 1 aliphatic heterocycles. The van der Waals surface area contributed by atoms with Gasteiger partial charge in [-0.15, -0.1) is 11.3 Å². The fourth-order valence-electron chi connectivity index (χ4n) is 9.43. The zero-order valence-electron chi connectivity index (χ0n) is 33.4. The number of pyridine rings is 2. The summed E-state index contributed by atoms with van der Waals surface area (Å²) in [6.45, 7) is 20.2. The number of hydrogen-bond donors (Lipinski definition) is 0. The van der Waals surface area contributed by atoms with E-state index in [0.717, 1.165) is 24.0 Å². The van der Waals surface area contributed by atoms with Crippen LogP contribution in [0.2, 0.25) is 0 Å². The van der Waals surface area contributed by atoms with Crippen molar-refractivity contribution in [1.82, 2.24) is 0 Å². The van der Waals surface area contributed by atoms with E-state index in [2.05, 4.69) is 181 Å². The van der Waals surface area contributed by atoms with Gasteiger partial charge in [-0.05, 0) is 121 Å². The Morgan fingerprint density at radius 1 is 0.782 bits per heavy atom. The highest BCUT2D eigenvalue weighted by Crippen LogP contribution is 2.45. The first-order valence-corrected chi connectivity index (χ1v) is 20.5. The maximum Gasteiger partial charge on any atom is 0.216 e. The smallest absolute Gasteiger partial charge is 0.216 e. The Morgan fingerprint density at radius 3 is 2.33 bits per heavy atom. The first-order valence-electron chi connectivity index (χ1n) is 19.6. The largest absolute Gasteiger partial charge is 0.455 e. The van der Waals surface area contributed by atoms with Gasteiger partial charge in [-0.1, -0.05) is 75.9 Å². The molecule has 5 heterocycles. The van der Waals surface area contributed by atoms with E-state index in [0.29, 0.717) is 0 Å². The number of fused-ring (bicyclic) bond motifs is 7. The van der Waals surface area contributed by atoms with E-state index in [1.165, 1.54) is 92.8 Å². The summed E-state index contributed by atoms with van der Waals surface area (Å²) in [5.41, 5.74) is 17.3. The second-order valence-corrected chi connectivity index (χ2v) is 18.2. The Kier molecular flexibility index (Phi) is 8.47. The predicted octanol–water partition coefficient (Wildman–Crippen LogP) is 12.9. The van der Waals surface area contributed by atoms with E-state index in [9.17, 15) is 0 Å². The third kappa shape index (κ3) is 5.85. The van der Waals surface area contributed by atoms with Crippen molar-refractivity contribution in [3.8, 4) is 33.6 Å². The number of aryl methyl sites for hydroxylation is 6. The molecule has 4 aromatic heterocycles. The van der Waals surface area contributed by atoms with E-state index in [1.54, 1.807) is 0 Å². The van der Waals surface area contributed by atoms with Crippen LogP contribution in [0.1, 0.15) is 77.4 Å². The SMILES string of the molecule is C=CC1C(CCc2ccc3c(oc4cc5cc(C)sc5cc43)c2-c2cc(-c3c(C)cccc3C)c(C(C)(C)C)c[n+]2C)c2ccccc2-c2ccc(C)c[n+]21. The Balaban J connectivity index is 1.27. The molecule has 0 fully saturated rings. The molecule has 0 saturated heterocycles. The summed E-state index contributed by atoms with van der Waals surface area (Å²) in [7, 11) is 2.21. The normalized spacial score (nSPS) is 15.5. The molecule has 55 heavy (non-hydrogen) atoms. The van der Waals surface area contributed by atoms with E-state index < -0.39 is 0 Å². The van der Waals surface area contributed by atoms with Gasteiger partial charge < -0.3 is 4.42 Å². The van der Waals surface area contributed by atoms with Crippen LogP contribution in [-0.4, -0.2) is 0 Å². The Hall–Kier alpha value is -5.32. The summed E-state index contributed by atoms with van der Waals surface area (Å²) in [5.74, 6) is 0.268. The first-order chi connectivity index (χ1) is 26.4. The van der Waals surface area contributed by atoms with Gasteiger partial charge in [-0.25, -0.2) is 4.57 Å². The average Bonchev–Trinajstić information content (AvgIpc) is 3.70. The summed E-state index contributed by atoms with van der Waals surface area (Å²) >= 11 is 1.85. The molecule has 0 amide bonds. The fourth-order valence-corrected chi connectivity index (χ4v) is 10.4. The van der Waals surface area contributed by atoms with Crippen LogP contribution in [0.3, 0.4) is 0 Å². The molecule has 0 N–H and O–H groups in total. The zero-order valence-corrected chi connectivity index (χ0v) is 34.2. The summed E-state index contributed by atoms with van der Waals surface area (Å²) in [4.78, 5) is 1.32. The maximum absolute atomic E-state index is 7.06. The van der Waals surface area contributed by atoms with Crippen molar-refractivity contribution in [1.29, 1.82) is 0 Å². The predicted molar refractivity (Wildman–Crippen MR) is 231 cm³/mol. The van der Waals surface area contributed by atoms with Gasteiger partial charge in [-0.2, -0.15) is 4.57 Å². The van der Waals surface area contributed by atoms with Gasteiger partial charge in [-0.3, -0.25) is 0 Å². The van der Waals surface area contributed by atoms with Crippen LogP contribution in [0.5, 0.6) is 0 Å². The number of hydrogen-bond acceptors (Lipinski definition) is 2. The number of nitrogens with zero attached hydrogens (tertiary/aromatic N) is 2. The van der Waals surface area contributed by atoms with Gasteiger partial charge >= 0.3 is 0 Å². The van der Waals surface area contributed by atoms with Gasteiger partial charge in [0.05, 0.1) is 11.5 Å². The zero-order chi connectivity index (χ0) is 38.3. The molecule has 0 bridgehead atoms. The summed E-state index contributed by atoms with van der Waals surface area (Å²) < 4.78 is 13.2. The second-order valence-electron chi connectivity index (χ2n) is 16.9. The molecule has 0 radical (unpaired) electrons. The number of rotatable bonds is 6. The standard InChI is InChI=1S/C51H50N2OS/c1-10-43-38(36-16-11-12-17-37(36)44-23-18-30(2)28-53(43)44)21-19-34-20-22-39-40-27-47-35(24-33(5)55-47)25-46(40)54-50(39)49(34)45-26-41(42(29-52(45)9)51(6,7)8)48-31(3)14-13-15-32(48)4/h10-18,20,22-29,38,43H,1,19,21H2,2-9H3/q+2. The molecule has 2 unspecified atom stereocenters. The van der Waals surface area contributed by atoms with E-state index in [4.69, 9.17) is 4.42 Å². The van der Waals surface area contributed by atoms with E-state index in [1.807, 2.05) is 11.3 Å². The van der Waals surface area contributed by atoms with Gasteiger partial charge in [0.1, 0.15) is 18.2 Å². The molecular formula is C51H50N2OS+2. The van der Waals surface area contributed by atoms with Crippen molar-refractivity contribution in [2.75, 3.05) is 0 Å². The topological polar surface area (TPSA) is 20.9 Å². The number of benzene rings is 4. The fraction of sp³-hybridized carbons (Fsp3) is 0.255. The molecule has 3 nitrogen and oxygen atoms in total. The monoisotopic (exact) mass is 738 g/mol. The van der Waals surface area contributed by atoms with Crippen molar-refractivity contribution < 1.29 is 13.6 Å². The lowest BCUT2D eigenvalue weighted by Gasteiger charge is -2.29. The number of allylic oxidation sites excluding steroid dienone is 1. The van der Waals surface area contributed by atoms with Crippen molar-refractivity contribution in [2.45, 2.75) is 78.7 Å². The van der Waals surface area contributed by atoms with Crippen LogP contribution in [0.4, 0.5) is 0 Å². The minimum Gasteiger partial charge on any atom is -0.455 e. The Labute approximate surface area is 329 Å². The van der Waals surface area contributed by atoms with E-state index >= 15 is 0 Å². The summed E-state index contributed by atoms with van der Waals surface area (Å²) in [6.07, 6.45) is 8.69. The summed E-state index contributed by atoms with van der Waals surface area (Å²) in [6, 6.07) is 34.3. The third-order valence-corrected chi connectivity index (χ3v) is 13.1. The summed E-state index contributed by atoms with van der Waals surface area (Å²) in [5, 5.41) is 3.59. The Morgan fingerprint density at radius 2 is 1.56 bits per heavy atom. The van der Waals surface area contributed by atoms with Gasteiger partial charge in [0.15, 0.2) is 18.4 Å². The lowest BCUT2D eigenvalue weighted by molar-refractivity contribution is -0.707. The number of aromatic nitrogens is 2. The third-order valence-electron chi connectivity index (χ3n) is 12.0. The highest BCUT2D eigenvalue weighted by atomic mass is 32.1. The molecule has 0 spiro atoms. The molecule has 2 atom stereocenters. The van der Waals surface area contributed by atoms with Crippen LogP contribution in [-0.2, 0) is 18.9 Å². The van der Waals surface area contributed by atoms with Crippen molar-refractivity contribution >= 4 is 43.4 Å². The van der Waals surface area contributed by atoms with Crippen molar-refractivity contribution in [3.63, 3.8) is 0 Å². The second kappa shape index (κ2) is 13.2. The first kappa shape index (κ1) is 35.4. The lowest BCUT2D eigenvalue weighted by atomic mass is 9.78. The minimum absolute atomic E-state index is 0.0567. The van der Waals surface area contributed by atoms with Gasteiger partial charge in [0.2, 0.25) is 11.4 Å². The molecule has 9 rings (SSSR count). The molecule has 4 aromatic carbocycles. The van der Waals surface area contributed by atoms with Gasteiger partial charge in [0, 0.05) is 49.2 Å². The van der Waals surface area contributed by atoms with Crippen LogP contribution >= 0.6 is 11.3 Å². The number of furan rings is 1. The minimum atomic E-state index is -0.0567. The lowest BCUT2D eigenvalue weighted by Crippen LogP contribution is -2.46. The molecule has 0 saturated carbocycles. The number of thiophene rings is 1. The van der Waals surface area contributed by atoms with Crippen molar-refractivity contribution in [2.24, 2.45) is 7.05 Å². The van der Waals surface area contributed by atoms with Crippen LogP contribution in [0.15, 0.2) is 120 Å². The van der Waals surface area contributed by atoms with Crippen molar-refractivity contribution in [3.05, 3.63) is 154 Å². The van der Waals surface area contributed by atoms with E-state index in [-0.39, 0.29) is 17.4 Å².